The largest absolute Gasteiger partial charge is 0.328 e. The minimum Gasteiger partial charge on any atom is -0.328 e. The fraction of sp³-hybridized carbons (Fsp3) is 0.467. The van der Waals surface area contributed by atoms with Gasteiger partial charge in [-0.05, 0) is 37.3 Å². The SMILES string of the molecule is C#CC(C)NC1(CN)CCCc2ccccc21. The van der Waals surface area contributed by atoms with E-state index in [1.54, 1.807) is 0 Å². The third-order valence-electron chi connectivity index (χ3n) is 3.67. The minimum absolute atomic E-state index is 0.0460. The predicted molar refractivity (Wildman–Crippen MR) is 71.5 cm³/mol. The summed E-state index contributed by atoms with van der Waals surface area (Å²) < 4.78 is 0. The first-order valence-electron chi connectivity index (χ1n) is 6.24. The second-order valence-electron chi connectivity index (χ2n) is 4.83. The zero-order chi connectivity index (χ0) is 12.3. The Hall–Kier alpha value is -1.30. The van der Waals surface area contributed by atoms with Crippen LogP contribution in [0.15, 0.2) is 24.3 Å². The molecule has 2 nitrogen and oxygen atoms in total. The van der Waals surface area contributed by atoms with Crippen molar-refractivity contribution in [1.82, 2.24) is 5.32 Å². The van der Waals surface area contributed by atoms with Crippen molar-refractivity contribution in [3.8, 4) is 12.3 Å². The highest BCUT2D eigenvalue weighted by Gasteiger charge is 2.35. The van der Waals surface area contributed by atoms with E-state index in [9.17, 15) is 0 Å². The van der Waals surface area contributed by atoms with Crippen molar-refractivity contribution in [2.75, 3.05) is 6.54 Å². The summed E-state index contributed by atoms with van der Waals surface area (Å²) in [6.45, 7) is 2.60. The standard InChI is InChI=1S/C15H20N2/c1-3-12(2)17-15(11-16)10-6-8-13-7-4-5-9-14(13)15/h1,4-5,7,9,12,17H,6,8,10-11,16H2,2H3. The van der Waals surface area contributed by atoms with Crippen LogP contribution in [0.25, 0.3) is 0 Å². The van der Waals surface area contributed by atoms with Crippen molar-refractivity contribution in [2.24, 2.45) is 5.73 Å². The Morgan fingerprint density at radius 1 is 1.53 bits per heavy atom. The van der Waals surface area contributed by atoms with Gasteiger partial charge in [-0.1, -0.05) is 30.2 Å². The van der Waals surface area contributed by atoms with Gasteiger partial charge in [0.05, 0.1) is 11.6 Å². The fourth-order valence-corrected chi connectivity index (χ4v) is 2.80. The van der Waals surface area contributed by atoms with E-state index in [1.165, 1.54) is 17.5 Å². The maximum absolute atomic E-state index is 6.02. The lowest BCUT2D eigenvalue weighted by atomic mass is 9.76. The summed E-state index contributed by atoms with van der Waals surface area (Å²) in [4.78, 5) is 0. The fourth-order valence-electron chi connectivity index (χ4n) is 2.80. The Kier molecular flexibility index (Phi) is 3.51. The summed E-state index contributed by atoms with van der Waals surface area (Å²) in [6.07, 6.45) is 8.84. The Balaban J connectivity index is 2.39. The van der Waals surface area contributed by atoms with Crippen molar-refractivity contribution in [3.63, 3.8) is 0 Å². The molecular formula is C15H20N2. The van der Waals surface area contributed by atoms with Gasteiger partial charge in [0, 0.05) is 6.54 Å². The van der Waals surface area contributed by atoms with Gasteiger partial charge in [-0.2, -0.15) is 0 Å². The smallest absolute Gasteiger partial charge is 0.0665 e. The van der Waals surface area contributed by atoms with E-state index in [2.05, 4.69) is 35.5 Å². The summed E-state index contributed by atoms with van der Waals surface area (Å²) in [6, 6.07) is 8.59. The van der Waals surface area contributed by atoms with E-state index < -0.39 is 0 Å². The van der Waals surface area contributed by atoms with Gasteiger partial charge in [0.1, 0.15) is 0 Å². The minimum atomic E-state index is -0.138. The topological polar surface area (TPSA) is 38.0 Å². The molecule has 0 radical (unpaired) electrons. The van der Waals surface area contributed by atoms with Gasteiger partial charge < -0.3 is 5.73 Å². The molecule has 90 valence electrons. The van der Waals surface area contributed by atoms with Crippen LogP contribution in [-0.2, 0) is 12.0 Å². The maximum Gasteiger partial charge on any atom is 0.0665 e. The van der Waals surface area contributed by atoms with Gasteiger partial charge in [-0.25, -0.2) is 0 Å². The molecule has 1 aliphatic rings. The monoisotopic (exact) mass is 228 g/mol. The summed E-state index contributed by atoms with van der Waals surface area (Å²) >= 11 is 0. The third-order valence-corrected chi connectivity index (χ3v) is 3.67. The van der Waals surface area contributed by atoms with Crippen LogP contribution in [0, 0.1) is 12.3 Å². The normalized spacial score (nSPS) is 24.8. The van der Waals surface area contributed by atoms with Crippen LogP contribution in [0.4, 0.5) is 0 Å². The molecule has 0 bridgehead atoms. The Morgan fingerprint density at radius 2 is 2.29 bits per heavy atom. The summed E-state index contributed by atoms with van der Waals surface area (Å²) in [5, 5.41) is 3.53. The highest BCUT2D eigenvalue weighted by molar-refractivity contribution is 5.37. The van der Waals surface area contributed by atoms with Crippen LogP contribution in [0.5, 0.6) is 0 Å². The van der Waals surface area contributed by atoms with Gasteiger partial charge in [0.2, 0.25) is 0 Å². The maximum atomic E-state index is 6.02. The van der Waals surface area contributed by atoms with E-state index in [0.29, 0.717) is 6.54 Å². The van der Waals surface area contributed by atoms with Crippen LogP contribution < -0.4 is 11.1 Å². The molecule has 0 heterocycles. The summed E-state index contributed by atoms with van der Waals surface area (Å²) in [5.74, 6) is 2.74. The van der Waals surface area contributed by atoms with E-state index in [0.717, 1.165) is 12.8 Å². The average molecular weight is 228 g/mol. The first kappa shape index (κ1) is 12.2. The van der Waals surface area contributed by atoms with Gasteiger partial charge in [0.15, 0.2) is 0 Å². The zero-order valence-electron chi connectivity index (χ0n) is 10.4. The lowest BCUT2D eigenvalue weighted by Crippen LogP contribution is -2.53. The molecule has 2 rings (SSSR count). The first-order valence-corrected chi connectivity index (χ1v) is 6.24. The molecule has 0 saturated carbocycles. The Bertz CT molecular complexity index is 433. The molecule has 0 spiro atoms. The van der Waals surface area contributed by atoms with Crippen LogP contribution in [-0.4, -0.2) is 12.6 Å². The molecular weight excluding hydrogens is 208 g/mol. The number of benzene rings is 1. The summed E-state index contributed by atoms with van der Waals surface area (Å²) in [7, 11) is 0. The molecule has 1 aromatic carbocycles. The second kappa shape index (κ2) is 4.91. The van der Waals surface area contributed by atoms with E-state index >= 15 is 0 Å². The van der Waals surface area contributed by atoms with Crippen LogP contribution >= 0.6 is 0 Å². The number of rotatable bonds is 3. The highest BCUT2D eigenvalue weighted by Crippen LogP contribution is 2.34. The van der Waals surface area contributed by atoms with Gasteiger partial charge >= 0.3 is 0 Å². The molecule has 2 unspecified atom stereocenters. The van der Waals surface area contributed by atoms with Crippen molar-refractivity contribution in [3.05, 3.63) is 35.4 Å². The van der Waals surface area contributed by atoms with Gasteiger partial charge in [0.25, 0.3) is 0 Å². The predicted octanol–water partition coefficient (Wildman–Crippen LogP) is 1.79. The van der Waals surface area contributed by atoms with E-state index in [1.807, 2.05) is 6.92 Å². The van der Waals surface area contributed by atoms with Crippen molar-refractivity contribution in [1.29, 1.82) is 0 Å². The number of hydrogen-bond donors (Lipinski definition) is 2. The second-order valence-corrected chi connectivity index (χ2v) is 4.83. The number of aryl methyl sites for hydroxylation is 1. The van der Waals surface area contributed by atoms with Crippen molar-refractivity contribution in [2.45, 2.75) is 37.8 Å². The van der Waals surface area contributed by atoms with Crippen LogP contribution in [0.1, 0.15) is 30.9 Å². The van der Waals surface area contributed by atoms with Gasteiger partial charge in [-0.3, -0.25) is 5.32 Å². The van der Waals surface area contributed by atoms with Crippen molar-refractivity contribution >= 4 is 0 Å². The summed E-state index contributed by atoms with van der Waals surface area (Å²) in [5.41, 5.74) is 8.62. The number of fused-ring (bicyclic) bond motifs is 1. The van der Waals surface area contributed by atoms with E-state index in [-0.39, 0.29) is 11.6 Å². The lowest BCUT2D eigenvalue weighted by molar-refractivity contribution is 0.282. The molecule has 1 aliphatic carbocycles. The average Bonchev–Trinajstić information content (AvgIpc) is 2.39. The molecule has 2 heteroatoms. The zero-order valence-corrected chi connectivity index (χ0v) is 10.4. The Morgan fingerprint density at radius 3 is 3.00 bits per heavy atom. The van der Waals surface area contributed by atoms with Crippen molar-refractivity contribution < 1.29 is 0 Å². The number of nitrogens with one attached hydrogen (secondary N) is 1. The molecule has 3 N–H and O–H groups in total. The van der Waals surface area contributed by atoms with Crippen LogP contribution in [0.2, 0.25) is 0 Å². The number of terminal acetylenes is 1. The molecule has 0 saturated heterocycles. The van der Waals surface area contributed by atoms with Gasteiger partial charge in [-0.15, -0.1) is 6.42 Å². The molecule has 2 atom stereocenters. The lowest BCUT2D eigenvalue weighted by Gasteiger charge is -2.40. The molecule has 0 fully saturated rings. The third kappa shape index (κ3) is 2.22. The molecule has 0 aromatic heterocycles. The molecule has 0 aliphatic heterocycles. The first-order chi connectivity index (χ1) is 8.22. The molecule has 1 aromatic rings. The Labute approximate surface area is 104 Å². The number of nitrogens with two attached hydrogens (primary N) is 1. The van der Waals surface area contributed by atoms with E-state index in [4.69, 9.17) is 12.2 Å². The quantitative estimate of drug-likeness (QED) is 0.774. The number of hydrogen-bond acceptors (Lipinski definition) is 2. The molecule has 0 amide bonds. The molecule has 17 heavy (non-hydrogen) atoms. The van der Waals surface area contributed by atoms with Crippen LogP contribution in [0.3, 0.4) is 0 Å². The highest BCUT2D eigenvalue weighted by atomic mass is 15.0.